The number of fused-ring (bicyclic) bond motifs is 1. The number of nitrogens with zero attached hydrogens (tertiary/aromatic N) is 3. The van der Waals surface area contributed by atoms with Gasteiger partial charge in [0, 0.05) is 18.1 Å². The molecular weight excluding hydrogens is 254 g/mol. The molecule has 1 fully saturated rings. The van der Waals surface area contributed by atoms with Gasteiger partial charge in [0.15, 0.2) is 0 Å². The van der Waals surface area contributed by atoms with Crippen molar-refractivity contribution in [3.63, 3.8) is 0 Å². The Morgan fingerprint density at radius 1 is 1.45 bits per heavy atom. The zero-order valence-electron chi connectivity index (χ0n) is 10.8. The molecule has 1 saturated heterocycles. The molecule has 1 aromatic carbocycles. The highest BCUT2D eigenvalue weighted by Gasteiger charge is 2.32. The Labute approximate surface area is 116 Å². The van der Waals surface area contributed by atoms with Crippen LogP contribution in [0.5, 0.6) is 0 Å². The maximum absolute atomic E-state index is 11.3. The van der Waals surface area contributed by atoms with E-state index in [9.17, 15) is 15.2 Å². The lowest BCUT2D eigenvalue weighted by molar-refractivity contribution is -0.138. The summed E-state index contributed by atoms with van der Waals surface area (Å²) in [5, 5.41) is 20.2. The number of hydrogen-bond donors (Lipinski definition) is 1. The summed E-state index contributed by atoms with van der Waals surface area (Å²) in [5.41, 5.74) is 0.529. The van der Waals surface area contributed by atoms with Crippen molar-refractivity contribution in [3.05, 3.63) is 36.0 Å². The zero-order chi connectivity index (χ0) is 14.1. The molecule has 0 spiro atoms. The summed E-state index contributed by atoms with van der Waals surface area (Å²) >= 11 is 0. The third-order valence-corrected chi connectivity index (χ3v) is 3.70. The summed E-state index contributed by atoms with van der Waals surface area (Å²) in [6.45, 7) is 0.656. The summed E-state index contributed by atoms with van der Waals surface area (Å²) in [5.74, 6) is -0.236. The van der Waals surface area contributed by atoms with Crippen molar-refractivity contribution in [2.45, 2.75) is 18.9 Å². The normalized spacial score (nSPS) is 18.1. The lowest BCUT2D eigenvalue weighted by Gasteiger charge is -2.24. The molecule has 20 heavy (non-hydrogen) atoms. The molecule has 5 nitrogen and oxygen atoms in total. The topological polar surface area (TPSA) is 77.2 Å². The Morgan fingerprint density at radius 3 is 3.05 bits per heavy atom. The first-order valence-corrected chi connectivity index (χ1v) is 6.49. The van der Waals surface area contributed by atoms with Crippen LogP contribution in [0.1, 0.15) is 18.4 Å². The summed E-state index contributed by atoms with van der Waals surface area (Å²) in [7, 11) is 0. The van der Waals surface area contributed by atoms with Crippen molar-refractivity contribution in [2.24, 2.45) is 0 Å². The molecule has 3 rings (SSSR count). The minimum absolute atomic E-state index is 0.529. The number of anilines is 1. The first kappa shape index (κ1) is 12.4. The number of hydrogen-bond acceptors (Lipinski definition) is 4. The Kier molecular flexibility index (Phi) is 2.99. The molecule has 100 valence electrons. The number of pyridine rings is 1. The third kappa shape index (κ3) is 1.86. The van der Waals surface area contributed by atoms with Gasteiger partial charge in [-0.25, -0.2) is 9.78 Å². The first-order chi connectivity index (χ1) is 9.72. The van der Waals surface area contributed by atoms with E-state index in [0.717, 1.165) is 17.2 Å². The van der Waals surface area contributed by atoms with Crippen LogP contribution in [0.25, 0.3) is 10.8 Å². The van der Waals surface area contributed by atoms with E-state index in [-0.39, 0.29) is 0 Å². The molecule has 1 N–H and O–H groups in total. The fourth-order valence-electron chi connectivity index (χ4n) is 2.80. The Bertz CT molecular complexity index is 715. The predicted octanol–water partition coefficient (Wildman–Crippen LogP) is 2.16. The number of rotatable bonds is 2. The zero-order valence-corrected chi connectivity index (χ0v) is 10.8. The van der Waals surface area contributed by atoms with Gasteiger partial charge in [0.2, 0.25) is 0 Å². The van der Waals surface area contributed by atoms with E-state index >= 15 is 0 Å². The number of carboxylic acids is 1. The lowest BCUT2D eigenvalue weighted by atomic mass is 10.1. The van der Waals surface area contributed by atoms with E-state index in [1.165, 1.54) is 0 Å². The van der Waals surface area contributed by atoms with E-state index in [4.69, 9.17) is 0 Å². The molecular formula is C15H13N3O2. The van der Waals surface area contributed by atoms with E-state index in [2.05, 4.69) is 11.1 Å². The summed E-state index contributed by atoms with van der Waals surface area (Å²) in [4.78, 5) is 17.5. The van der Waals surface area contributed by atoms with E-state index < -0.39 is 12.0 Å². The van der Waals surface area contributed by atoms with Crippen LogP contribution in [0.2, 0.25) is 0 Å². The minimum Gasteiger partial charge on any atom is -0.480 e. The molecule has 0 bridgehead atoms. The van der Waals surface area contributed by atoms with Crippen molar-refractivity contribution in [1.82, 2.24) is 4.98 Å². The predicted molar refractivity (Wildman–Crippen MR) is 74.5 cm³/mol. The highest BCUT2D eigenvalue weighted by Crippen LogP contribution is 2.32. The number of nitriles is 1. The third-order valence-electron chi connectivity index (χ3n) is 3.70. The molecule has 5 heteroatoms. The lowest BCUT2D eigenvalue weighted by Crippen LogP contribution is -2.36. The maximum atomic E-state index is 11.3. The minimum atomic E-state index is -0.837. The molecule has 2 aromatic rings. The van der Waals surface area contributed by atoms with Gasteiger partial charge in [-0.3, -0.25) is 0 Å². The number of aliphatic carboxylic acids is 1. The molecule has 0 saturated carbocycles. The van der Waals surface area contributed by atoms with Crippen molar-refractivity contribution < 1.29 is 9.90 Å². The molecule has 0 aliphatic carbocycles. The van der Waals surface area contributed by atoms with Gasteiger partial charge >= 0.3 is 5.97 Å². The van der Waals surface area contributed by atoms with Crippen molar-refractivity contribution in [2.75, 3.05) is 11.4 Å². The van der Waals surface area contributed by atoms with Gasteiger partial charge in [-0.05, 0) is 30.4 Å². The highest BCUT2D eigenvalue weighted by atomic mass is 16.4. The Morgan fingerprint density at radius 2 is 2.30 bits per heavy atom. The second-order valence-corrected chi connectivity index (χ2v) is 4.84. The number of aromatic nitrogens is 1. The van der Waals surface area contributed by atoms with Crippen molar-refractivity contribution in [3.8, 4) is 6.07 Å². The van der Waals surface area contributed by atoms with Crippen LogP contribution < -0.4 is 4.90 Å². The largest absolute Gasteiger partial charge is 0.480 e. The first-order valence-electron chi connectivity index (χ1n) is 6.49. The van der Waals surface area contributed by atoms with E-state index in [1.54, 1.807) is 17.2 Å². The fourth-order valence-corrected chi connectivity index (χ4v) is 2.80. The summed E-state index contributed by atoms with van der Waals surface area (Å²) in [6.07, 6.45) is 3.10. The quantitative estimate of drug-likeness (QED) is 0.902. The number of carboxylic acid groups (broad SMARTS) is 1. The van der Waals surface area contributed by atoms with Crippen LogP contribution in [0, 0.1) is 11.3 Å². The Balaban J connectivity index is 2.22. The SMILES string of the molecule is N#Cc1cccc2ccnc(N3CCCC3C(=O)O)c12. The van der Waals surface area contributed by atoms with Crippen LogP contribution in [-0.2, 0) is 4.79 Å². The van der Waals surface area contributed by atoms with Crippen LogP contribution in [0.4, 0.5) is 5.82 Å². The average Bonchev–Trinajstić information content (AvgIpc) is 2.95. The standard InChI is InChI=1S/C15H13N3O2/c16-9-11-4-1-3-10-6-7-17-14(13(10)11)18-8-2-5-12(18)15(19)20/h1,3-4,6-7,12H,2,5,8H2,(H,19,20). The number of carbonyl (C=O) groups is 1. The summed E-state index contributed by atoms with van der Waals surface area (Å²) in [6, 6.07) is 8.92. The van der Waals surface area contributed by atoms with E-state index in [0.29, 0.717) is 24.3 Å². The fraction of sp³-hybridized carbons (Fsp3) is 0.267. The molecule has 1 atom stereocenters. The van der Waals surface area contributed by atoms with Gasteiger partial charge in [0.1, 0.15) is 11.9 Å². The molecule has 0 amide bonds. The Hall–Kier alpha value is -2.61. The monoisotopic (exact) mass is 267 g/mol. The van der Waals surface area contributed by atoms with Crippen LogP contribution >= 0.6 is 0 Å². The van der Waals surface area contributed by atoms with Crippen LogP contribution in [0.15, 0.2) is 30.5 Å². The van der Waals surface area contributed by atoms with Crippen molar-refractivity contribution in [1.29, 1.82) is 5.26 Å². The molecule has 1 aromatic heterocycles. The van der Waals surface area contributed by atoms with Gasteiger partial charge in [0.25, 0.3) is 0 Å². The van der Waals surface area contributed by atoms with Gasteiger partial charge in [0.05, 0.1) is 11.6 Å². The van der Waals surface area contributed by atoms with E-state index in [1.807, 2.05) is 18.2 Å². The molecule has 2 heterocycles. The van der Waals surface area contributed by atoms with Crippen LogP contribution in [-0.4, -0.2) is 28.6 Å². The second kappa shape index (κ2) is 4.82. The van der Waals surface area contributed by atoms with Crippen LogP contribution in [0.3, 0.4) is 0 Å². The molecule has 1 aliphatic rings. The second-order valence-electron chi connectivity index (χ2n) is 4.84. The van der Waals surface area contributed by atoms with Gasteiger partial charge in [-0.2, -0.15) is 5.26 Å². The van der Waals surface area contributed by atoms with Gasteiger partial charge in [-0.15, -0.1) is 0 Å². The van der Waals surface area contributed by atoms with Crippen molar-refractivity contribution >= 4 is 22.6 Å². The van der Waals surface area contributed by atoms with Gasteiger partial charge in [-0.1, -0.05) is 12.1 Å². The average molecular weight is 267 g/mol. The highest BCUT2D eigenvalue weighted by molar-refractivity contribution is 5.98. The molecule has 1 unspecified atom stereocenters. The summed E-state index contributed by atoms with van der Waals surface area (Å²) < 4.78 is 0. The van der Waals surface area contributed by atoms with Gasteiger partial charge < -0.3 is 10.0 Å². The smallest absolute Gasteiger partial charge is 0.326 e. The number of benzene rings is 1. The molecule has 0 radical (unpaired) electrons. The maximum Gasteiger partial charge on any atom is 0.326 e. The molecule has 1 aliphatic heterocycles.